The molecule has 0 saturated heterocycles. The van der Waals surface area contributed by atoms with E-state index in [0.29, 0.717) is 12.2 Å². The average Bonchev–Trinajstić information content (AvgIpc) is 3.59. The van der Waals surface area contributed by atoms with Crippen LogP contribution in [0.2, 0.25) is 0 Å². The van der Waals surface area contributed by atoms with E-state index in [-0.39, 0.29) is 6.54 Å². The summed E-state index contributed by atoms with van der Waals surface area (Å²) in [5, 5.41) is 31.5. The molecule has 0 aliphatic carbocycles. The number of nitrogens with two attached hydrogens (primary N) is 1. The van der Waals surface area contributed by atoms with Crippen LogP contribution in [-0.4, -0.2) is 55.1 Å². The molecule has 0 spiro atoms. The highest BCUT2D eigenvalue weighted by molar-refractivity contribution is 14.1. The Morgan fingerprint density at radius 1 is 1.23 bits per heavy atom. The lowest BCUT2D eigenvalue weighted by Gasteiger charge is -2.28. The number of halogens is 1. The molecule has 212 valence electrons. The number of aromatic nitrogens is 1. The van der Waals surface area contributed by atoms with Gasteiger partial charge in [0.05, 0.1) is 17.4 Å². The zero-order valence-electron chi connectivity index (χ0n) is 22.2. The molecule has 2 aromatic carbocycles. The van der Waals surface area contributed by atoms with Crippen LogP contribution < -0.4 is 21.5 Å². The number of anilines is 2. The summed E-state index contributed by atoms with van der Waals surface area (Å²) < 4.78 is 0.830. The maximum atomic E-state index is 13.5. The van der Waals surface area contributed by atoms with E-state index in [1.54, 1.807) is 13.1 Å². The van der Waals surface area contributed by atoms with Crippen LogP contribution in [0.15, 0.2) is 66.2 Å². The third-order valence-electron chi connectivity index (χ3n) is 6.64. The van der Waals surface area contributed by atoms with Gasteiger partial charge in [-0.15, -0.1) is 11.3 Å². The van der Waals surface area contributed by atoms with Crippen LogP contribution in [0, 0.1) is 0 Å². The largest absolute Gasteiger partial charge is 0.380 e. The Morgan fingerprint density at radius 3 is 2.65 bits per heavy atom. The molecule has 4 rings (SSSR count). The molecular formula is C28H33IN6O4S. The summed E-state index contributed by atoms with van der Waals surface area (Å²) in [5.41, 5.74) is 4.01. The number of thiazole rings is 1. The third kappa shape index (κ3) is 6.63. The van der Waals surface area contributed by atoms with Crippen LogP contribution in [0.3, 0.4) is 0 Å². The smallest absolute Gasteiger partial charge is 0.255 e. The summed E-state index contributed by atoms with van der Waals surface area (Å²) in [6.07, 6.45) is -0.218. The second kappa shape index (κ2) is 13.5. The van der Waals surface area contributed by atoms with Gasteiger partial charge in [-0.05, 0) is 42.7 Å². The third-order valence-corrected chi connectivity index (χ3v) is 7.97. The Morgan fingerprint density at radius 2 is 1.95 bits per heavy atom. The summed E-state index contributed by atoms with van der Waals surface area (Å²) in [7, 11) is 0. The van der Waals surface area contributed by atoms with Crippen molar-refractivity contribution in [2.24, 2.45) is 5.84 Å². The van der Waals surface area contributed by atoms with E-state index in [1.165, 1.54) is 21.2 Å². The fourth-order valence-electron chi connectivity index (χ4n) is 4.56. The fourth-order valence-corrected chi connectivity index (χ4v) is 5.59. The summed E-state index contributed by atoms with van der Waals surface area (Å²) in [4.78, 5) is 32.5. The predicted molar refractivity (Wildman–Crippen MR) is 165 cm³/mol. The lowest BCUT2D eigenvalue weighted by atomic mass is 10.0. The van der Waals surface area contributed by atoms with Crippen molar-refractivity contribution in [3.05, 3.63) is 88.6 Å². The van der Waals surface area contributed by atoms with E-state index < -0.39 is 36.1 Å². The zero-order valence-corrected chi connectivity index (χ0v) is 25.2. The lowest BCUT2D eigenvalue weighted by molar-refractivity contribution is -0.154. The summed E-state index contributed by atoms with van der Waals surface area (Å²) in [6, 6.07) is 13.8. The average molecular weight is 677 g/mol. The topological polar surface area (TPSA) is 144 Å². The van der Waals surface area contributed by atoms with Crippen molar-refractivity contribution < 1.29 is 19.8 Å². The normalized spacial score (nSPS) is 16.9. The maximum absolute atomic E-state index is 13.5. The minimum atomic E-state index is -1.95. The number of carbonyl (C=O) groups is 2. The number of alkyl halides is 1. The number of aliphatic hydroxyl groups is 2. The van der Waals surface area contributed by atoms with Gasteiger partial charge in [0.15, 0.2) is 17.3 Å². The Bertz CT molecular complexity index is 1350. The summed E-state index contributed by atoms with van der Waals surface area (Å²) in [6.45, 7) is 4.66. The van der Waals surface area contributed by atoms with Gasteiger partial charge < -0.3 is 25.7 Å². The van der Waals surface area contributed by atoms with Gasteiger partial charge in [0.1, 0.15) is 6.04 Å². The second-order valence-electron chi connectivity index (χ2n) is 9.33. The number of fused-ring (bicyclic) bond motifs is 1. The number of nitrogens with one attached hydrogen (secondary N) is 2. The number of nitrogens with zero attached hydrogens (tertiary/aromatic N) is 3. The van der Waals surface area contributed by atoms with E-state index in [4.69, 9.17) is 5.84 Å². The van der Waals surface area contributed by atoms with E-state index in [2.05, 4.69) is 38.2 Å². The van der Waals surface area contributed by atoms with Gasteiger partial charge >= 0.3 is 0 Å². The van der Waals surface area contributed by atoms with Crippen LogP contribution in [0.25, 0.3) is 0 Å². The molecule has 1 aliphatic heterocycles. The zero-order chi connectivity index (χ0) is 28.8. The summed E-state index contributed by atoms with van der Waals surface area (Å²) in [5.74, 6) is 4.40. The Hall–Kier alpha value is -3.04. The first-order chi connectivity index (χ1) is 19.2. The van der Waals surface area contributed by atoms with E-state index in [1.807, 2.05) is 66.9 Å². The minimum absolute atomic E-state index is 0.229. The monoisotopic (exact) mass is 676 g/mol. The minimum Gasteiger partial charge on any atom is -0.380 e. The van der Waals surface area contributed by atoms with Gasteiger partial charge in [-0.3, -0.25) is 14.6 Å². The quantitative estimate of drug-likeness (QED) is 0.0902. The van der Waals surface area contributed by atoms with Crippen molar-refractivity contribution in [3.63, 3.8) is 0 Å². The number of aliphatic hydroxyl groups excluding tert-OH is 2. The Labute approximate surface area is 251 Å². The molecule has 0 saturated carbocycles. The van der Waals surface area contributed by atoms with Gasteiger partial charge in [-0.25, -0.2) is 10.8 Å². The molecule has 2 amide bonds. The molecule has 2 heterocycles. The molecule has 1 aromatic heterocycles. The number of carbonyl (C=O) groups excluding carboxylic acids is 2. The van der Waals surface area contributed by atoms with Gasteiger partial charge in [0.25, 0.3) is 11.8 Å². The van der Waals surface area contributed by atoms with Crippen molar-refractivity contribution >= 4 is 56.6 Å². The standard InChI is InChI=1S/C28H33IN6O4S/c1-3-31-28-33-22(16-40-28)23-21-8-5-4-7-19(21)15-34(23)27(39)25(37)24(36)26(38)32-17(2)18-9-11-20(12-10-18)35(30)14-6-13-29/h4-12,14,16-17,23-25,36-37H,3,13,15,30H2,1-2H3,(H,31,33)(H,32,38)/b14-6-/t17-,23+,24-,25-/m1/s1. The van der Waals surface area contributed by atoms with Crippen molar-refractivity contribution in [3.8, 4) is 0 Å². The number of benzene rings is 2. The number of amides is 2. The molecule has 10 nitrogen and oxygen atoms in total. The molecule has 0 unspecified atom stereocenters. The molecule has 0 fully saturated rings. The van der Waals surface area contributed by atoms with E-state index >= 15 is 0 Å². The van der Waals surface area contributed by atoms with Gasteiger partial charge in [-0.2, -0.15) is 0 Å². The first-order valence-electron chi connectivity index (χ1n) is 12.9. The molecule has 12 heteroatoms. The van der Waals surface area contributed by atoms with Crippen LogP contribution in [0.1, 0.15) is 48.3 Å². The van der Waals surface area contributed by atoms with Gasteiger partial charge in [0.2, 0.25) is 0 Å². The first-order valence-corrected chi connectivity index (χ1v) is 15.3. The Balaban J connectivity index is 1.44. The SMILES string of the molecule is CCNc1nc([C@@H]2c3ccccc3CN2C(=O)[C@H](O)[C@@H](O)C(=O)N[C@H](C)c2ccc(N(N)/C=C\CI)cc2)cs1. The predicted octanol–water partition coefficient (Wildman–Crippen LogP) is 3.23. The number of hydrogen-bond donors (Lipinski definition) is 5. The van der Waals surface area contributed by atoms with Gasteiger partial charge in [-0.1, -0.05) is 65.1 Å². The van der Waals surface area contributed by atoms with Crippen LogP contribution in [-0.2, 0) is 16.1 Å². The van der Waals surface area contributed by atoms with Crippen molar-refractivity contribution in [2.75, 3.05) is 21.3 Å². The highest BCUT2D eigenvalue weighted by Crippen LogP contribution is 2.40. The number of allylic oxidation sites excluding steroid dienone is 1. The number of hydrogen-bond acceptors (Lipinski definition) is 9. The first kappa shape index (κ1) is 29.9. The molecule has 0 radical (unpaired) electrons. The van der Waals surface area contributed by atoms with E-state index in [9.17, 15) is 19.8 Å². The fraction of sp³-hybridized carbons (Fsp3) is 0.321. The van der Waals surface area contributed by atoms with Crippen molar-refractivity contribution in [2.45, 2.75) is 44.7 Å². The van der Waals surface area contributed by atoms with Crippen LogP contribution in [0.4, 0.5) is 10.8 Å². The molecule has 40 heavy (non-hydrogen) atoms. The molecule has 1 aliphatic rings. The van der Waals surface area contributed by atoms with Crippen LogP contribution in [0.5, 0.6) is 0 Å². The molecular weight excluding hydrogens is 643 g/mol. The molecule has 6 N–H and O–H groups in total. The summed E-state index contributed by atoms with van der Waals surface area (Å²) >= 11 is 3.65. The number of hydrazine groups is 1. The van der Waals surface area contributed by atoms with Crippen molar-refractivity contribution in [1.29, 1.82) is 0 Å². The second-order valence-corrected chi connectivity index (χ2v) is 11.1. The Kier molecular flexibility index (Phi) is 10.1. The highest BCUT2D eigenvalue weighted by atomic mass is 127. The van der Waals surface area contributed by atoms with Gasteiger partial charge in [0, 0.05) is 29.1 Å². The van der Waals surface area contributed by atoms with E-state index in [0.717, 1.165) is 31.9 Å². The lowest BCUT2D eigenvalue weighted by Crippen LogP contribution is -2.50. The van der Waals surface area contributed by atoms with Crippen LogP contribution >= 0.6 is 33.9 Å². The van der Waals surface area contributed by atoms with Crippen molar-refractivity contribution in [1.82, 2.24) is 15.2 Å². The highest BCUT2D eigenvalue weighted by Gasteiger charge is 2.41. The molecule has 0 bridgehead atoms. The maximum Gasteiger partial charge on any atom is 0.255 e. The molecule has 3 aromatic rings. The number of rotatable bonds is 11. The molecule has 4 atom stereocenters.